The third-order valence-corrected chi connectivity index (χ3v) is 3.72. The van der Waals surface area contributed by atoms with Crippen LogP contribution in [-0.2, 0) is 6.42 Å². The van der Waals surface area contributed by atoms with Crippen LogP contribution < -0.4 is 5.73 Å². The van der Waals surface area contributed by atoms with E-state index in [0.717, 1.165) is 25.2 Å². The maximum atomic E-state index is 5.98. The molecule has 2 rings (SSSR count). The van der Waals surface area contributed by atoms with Gasteiger partial charge in [0.25, 0.3) is 0 Å². The quantitative estimate of drug-likeness (QED) is 0.830. The van der Waals surface area contributed by atoms with Crippen molar-refractivity contribution < 1.29 is 0 Å². The van der Waals surface area contributed by atoms with Crippen LogP contribution in [0.5, 0.6) is 0 Å². The monoisotopic (exact) mass is 236 g/mol. The third-order valence-electron chi connectivity index (χ3n) is 3.72. The van der Waals surface area contributed by atoms with Crippen molar-refractivity contribution in [3.8, 4) is 0 Å². The molecule has 0 bridgehead atoms. The summed E-state index contributed by atoms with van der Waals surface area (Å²) in [6.45, 7) is 7.64. The number of aryl methyl sites for hydroxylation is 2. The van der Waals surface area contributed by atoms with Gasteiger partial charge in [0.15, 0.2) is 0 Å². The predicted octanol–water partition coefficient (Wildman–Crippen LogP) is 1.38. The summed E-state index contributed by atoms with van der Waals surface area (Å²) in [6.07, 6.45) is 4.77. The van der Waals surface area contributed by atoms with Gasteiger partial charge in [-0.15, -0.1) is 0 Å². The second-order valence-electron chi connectivity index (χ2n) is 5.22. The molecule has 1 saturated heterocycles. The number of rotatable bonds is 4. The minimum atomic E-state index is 0.390. The lowest BCUT2D eigenvalue weighted by molar-refractivity contribution is 0.207. The third kappa shape index (κ3) is 3.30. The Morgan fingerprint density at radius 3 is 2.94 bits per heavy atom. The van der Waals surface area contributed by atoms with Gasteiger partial charge in [-0.3, -0.25) is 5.10 Å². The molecular weight excluding hydrogens is 212 g/mol. The van der Waals surface area contributed by atoms with Crippen LogP contribution in [0.1, 0.15) is 36.2 Å². The molecule has 0 aliphatic carbocycles. The van der Waals surface area contributed by atoms with Crippen molar-refractivity contribution in [2.75, 3.05) is 19.6 Å². The van der Waals surface area contributed by atoms with Crippen LogP contribution in [0, 0.1) is 13.8 Å². The van der Waals surface area contributed by atoms with E-state index in [9.17, 15) is 0 Å². The number of hydrogen-bond donors (Lipinski definition) is 2. The highest BCUT2D eigenvalue weighted by Crippen LogP contribution is 2.13. The van der Waals surface area contributed by atoms with E-state index >= 15 is 0 Å². The largest absolute Gasteiger partial charge is 0.327 e. The van der Waals surface area contributed by atoms with E-state index in [1.165, 1.54) is 37.1 Å². The summed E-state index contributed by atoms with van der Waals surface area (Å²) < 4.78 is 0. The first kappa shape index (κ1) is 12.6. The summed E-state index contributed by atoms with van der Waals surface area (Å²) in [5, 5.41) is 7.28. The minimum absolute atomic E-state index is 0.390. The Bertz CT molecular complexity index is 339. The smallest absolute Gasteiger partial charge is 0.0625 e. The molecule has 2 heterocycles. The van der Waals surface area contributed by atoms with E-state index in [1.807, 2.05) is 0 Å². The molecule has 4 nitrogen and oxygen atoms in total. The fourth-order valence-electron chi connectivity index (χ4n) is 2.72. The van der Waals surface area contributed by atoms with Crippen molar-refractivity contribution in [1.29, 1.82) is 0 Å². The topological polar surface area (TPSA) is 57.9 Å². The highest BCUT2D eigenvalue weighted by atomic mass is 15.1. The molecule has 17 heavy (non-hydrogen) atoms. The van der Waals surface area contributed by atoms with Crippen LogP contribution in [0.2, 0.25) is 0 Å². The van der Waals surface area contributed by atoms with Gasteiger partial charge in [0.1, 0.15) is 0 Å². The molecule has 1 aliphatic rings. The van der Waals surface area contributed by atoms with E-state index < -0.39 is 0 Å². The van der Waals surface area contributed by atoms with Gasteiger partial charge in [0.2, 0.25) is 0 Å². The second kappa shape index (κ2) is 5.65. The van der Waals surface area contributed by atoms with Crippen LogP contribution in [0.15, 0.2) is 0 Å². The highest BCUT2D eigenvalue weighted by molar-refractivity contribution is 5.23. The fraction of sp³-hybridized carbons (Fsp3) is 0.769. The normalized spacial score (nSPS) is 21.9. The number of aromatic amines is 1. The summed E-state index contributed by atoms with van der Waals surface area (Å²) in [5.41, 5.74) is 9.75. The number of nitrogens with zero attached hydrogens (tertiary/aromatic N) is 2. The van der Waals surface area contributed by atoms with Gasteiger partial charge in [0.05, 0.1) is 5.69 Å². The Hall–Kier alpha value is -0.870. The number of likely N-dealkylation sites (tertiary alicyclic amines) is 1. The molecule has 0 saturated carbocycles. The maximum absolute atomic E-state index is 5.98. The molecule has 1 aromatic rings. The van der Waals surface area contributed by atoms with Crippen molar-refractivity contribution in [2.24, 2.45) is 5.73 Å². The molecule has 96 valence electrons. The lowest BCUT2D eigenvalue weighted by atomic mass is 10.0. The average Bonchev–Trinajstić information content (AvgIpc) is 2.61. The molecule has 1 atom stereocenters. The Morgan fingerprint density at radius 2 is 2.29 bits per heavy atom. The number of H-pyrrole nitrogens is 1. The number of aromatic nitrogens is 2. The standard InChI is InChI=1S/C13H24N4/c1-10-13(11(2)16-15-10)6-4-8-17-7-3-5-12(14)9-17/h12H,3-9,14H2,1-2H3,(H,15,16)/t12-/m1/s1. The Labute approximate surface area is 104 Å². The molecular formula is C13H24N4. The lowest BCUT2D eigenvalue weighted by Crippen LogP contribution is -2.43. The first-order valence-corrected chi connectivity index (χ1v) is 6.65. The molecule has 0 spiro atoms. The zero-order valence-corrected chi connectivity index (χ0v) is 11.0. The molecule has 4 heteroatoms. The van der Waals surface area contributed by atoms with Crippen molar-refractivity contribution in [3.05, 3.63) is 17.0 Å². The van der Waals surface area contributed by atoms with Gasteiger partial charge in [-0.05, 0) is 58.2 Å². The summed E-state index contributed by atoms with van der Waals surface area (Å²) in [4.78, 5) is 2.50. The molecule has 0 aromatic carbocycles. The summed E-state index contributed by atoms with van der Waals surface area (Å²) in [6, 6.07) is 0.390. The van der Waals surface area contributed by atoms with Crippen LogP contribution in [-0.4, -0.2) is 40.8 Å². The second-order valence-corrected chi connectivity index (χ2v) is 5.22. The summed E-state index contributed by atoms with van der Waals surface area (Å²) >= 11 is 0. The van der Waals surface area contributed by atoms with Gasteiger partial charge >= 0.3 is 0 Å². The minimum Gasteiger partial charge on any atom is -0.327 e. The maximum Gasteiger partial charge on any atom is 0.0625 e. The SMILES string of the molecule is Cc1n[nH]c(C)c1CCCN1CCC[C@@H](N)C1. The lowest BCUT2D eigenvalue weighted by Gasteiger charge is -2.30. The number of nitrogens with one attached hydrogen (secondary N) is 1. The molecule has 3 N–H and O–H groups in total. The van der Waals surface area contributed by atoms with Crippen molar-refractivity contribution in [3.63, 3.8) is 0 Å². The Balaban J connectivity index is 1.76. The predicted molar refractivity (Wildman–Crippen MR) is 70.0 cm³/mol. The zero-order valence-electron chi connectivity index (χ0n) is 11.0. The first-order chi connectivity index (χ1) is 8.16. The van der Waals surface area contributed by atoms with Crippen LogP contribution in [0.25, 0.3) is 0 Å². The molecule has 1 aliphatic heterocycles. The van der Waals surface area contributed by atoms with E-state index in [1.54, 1.807) is 0 Å². The van der Waals surface area contributed by atoms with E-state index in [4.69, 9.17) is 5.73 Å². The van der Waals surface area contributed by atoms with Gasteiger partial charge in [-0.25, -0.2) is 0 Å². The average molecular weight is 236 g/mol. The van der Waals surface area contributed by atoms with Crippen molar-refractivity contribution in [1.82, 2.24) is 15.1 Å². The number of hydrogen-bond acceptors (Lipinski definition) is 3. The highest BCUT2D eigenvalue weighted by Gasteiger charge is 2.16. The van der Waals surface area contributed by atoms with Gasteiger partial charge in [-0.1, -0.05) is 0 Å². The van der Waals surface area contributed by atoms with Gasteiger partial charge in [0, 0.05) is 18.3 Å². The number of piperidine rings is 1. The first-order valence-electron chi connectivity index (χ1n) is 6.65. The van der Waals surface area contributed by atoms with Gasteiger partial charge < -0.3 is 10.6 Å². The Morgan fingerprint density at radius 1 is 1.47 bits per heavy atom. The number of nitrogens with two attached hydrogens (primary N) is 1. The molecule has 0 unspecified atom stereocenters. The fourth-order valence-corrected chi connectivity index (χ4v) is 2.72. The molecule has 0 radical (unpaired) electrons. The molecule has 1 aromatic heterocycles. The van der Waals surface area contributed by atoms with Crippen molar-refractivity contribution >= 4 is 0 Å². The summed E-state index contributed by atoms with van der Waals surface area (Å²) in [7, 11) is 0. The van der Waals surface area contributed by atoms with Crippen molar-refractivity contribution in [2.45, 2.75) is 45.6 Å². The van der Waals surface area contributed by atoms with E-state index in [0.29, 0.717) is 6.04 Å². The molecule has 0 amide bonds. The Kier molecular flexibility index (Phi) is 4.18. The van der Waals surface area contributed by atoms with Gasteiger partial charge in [-0.2, -0.15) is 5.10 Å². The molecule has 1 fully saturated rings. The van der Waals surface area contributed by atoms with Crippen LogP contribution in [0.3, 0.4) is 0 Å². The summed E-state index contributed by atoms with van der Waals surface area (Å²) in [5.74, 6) is 0. The zero-order chi connectivity index (χ0) is 12.3. The van der Waals surface area contributed by atoms with E-state index in [2.05, 4.69) is 28.9 Å². The van der Waals surface area contributed by atoms with Crippen LogP contribution in [0.4, 0.5) is 0 Å². The van der Waals surface area contributed by atoms with E-state index in [-0.39, 0.29) is 0 Å². The van der Waals surface area contributed by atoms with Crippen LogP contribution >= 0.6 is 0 Å².